The number of pyridine rings is 1. The number of non-ortho nitro benzene ring substituents is 1. The van der Waals surface area contributed by atoms with E-state index >= 15 is 0 Å². The van der Waals surface area contributed by atoms with Crippen LogP contribution in [-0.4, -0.2) is 19.0 Å². The number of nitro benzene ring substituents is 1. The molecular weight excluding hydrogens is 369 g/mol. The van der Waals surface area contributed by atoms with E-state index in [1.54, 1.807) is 0 Å². The molecule has 0 saturated heterocycles. The Morgan fingerprint density at radius 3 is 2.30 bits per heavy atom. The van der Waals surface area contributed by atoms with Gasteiger partial charge in [-0.3, -0.25) is 24.0 Å². The molecule has 11 heteroatoms. The average molecular weight is 380 g/mol. The maximum Gasteiger partial charge on any atom is 0.433 e. The standard InChI is InChI=1S/C16H11F3N4O4/c1-21-13-11(6-7-12(20-13)16(17,18)19)14(24)22(15(21)25)8-9-2-4-10(5-3-9)23(26)27/h2-7H,8H2,1H3. The van der Waals surface area contributed by atoms with Crippen LogP contribution in [0.1, 0.15) is 11.3 Å². The summed E-state index contributed by atoms with van der Waals surface area (Å²) < 4.78 is 40.2. The molecule has 3 rings (SSSR count). The Hall–Kier alpha value is -3.50. The minimum atomic E-state index is -4.71. The largest absolute Gasteiger partial charge is 0.433 e. The molecule has 0 amide bonds. The van der Waals surface area contributed by atoms with Crippen molar-refractivity contribution in [2.75, 3.05) is 0 Å². The van der Waals surface area contributed by atoms with E-state index < -0.39 is 28.0 Å². The normalized spacial score (nSPS) is 11.7. The van der Waals surface area contributed by atoms with Gasteiger partial charge in [-0.05, 0) is 17.7 Å². The van der Waals surface area contributed by atoms with Gasteiger partial charge in [-0.15, -0.1) is 0 Å². The van der Waals surface area contributed by atoms with Crippen LogP contribution < -0.4 is 11.2 Å². The molecule has 8 nitrogen and oxygen atoms in total. The molecule has 0 aliphatic carbocycles. The van der Waals surface area contributed by atoms with E-state index in [0.717, 1.165) is 15.2 Å². The summed E-state index contributed by atoms with van der Waals surface area (Å²) in [6.07, 6.45) is -4.71. The number of hydrogen-bond donors (Lipinski definition) is 0. The molecule has 140 valence electrons. The molecule has 0 N–H and O–H groups in total. The molecule has 0 fully saturated rings. The van der Waals surface area contributed by atoms with Crippen LogP contribution in [0.15, 0.2) is 46.0 Å². The summed E-state index contributed by atoms with van der Waals surface area (Å²) >= 11 is 0. The first-order valence-electron chi connectivity index (χ1n) is 7.50. The monoisotopic (exact) mass is 380 g/mol. The molecule has 2 heterocycles. The van der Waals surface area contributed by atoms with E-state index in [1.807, 2.05) is 0 Å². The second kappa shape index (κ2) is 6.34. The zero-order valence-electron chi connectivity index (χ0n) is 13.7. The fraction of sp³-hybridized carbons (Fsp3) is 0.188. The Balaban J connectivity index is 2.13. The van der Waals surface area contributed by atoms with Gasteiger partial charge in [-0.1, -0.05) is 12.1 Å². The smallest absolute Gasteiger partial charge is 0.280 e. The zero-order valence-corrected chi connectivity index (χ0v) is 13.7. The number of nitrogens with zero attached hydrogens (tertiary/aromatic N) is 4. The first-order chi connectivity index (χ1) is 12.6. The number of benzene rings is 1. The first kappa shape index (κ1) is 18.3. The first-order valence-corrected chi connectivity index (χ1v) is 7.50. The number of rotatable bonds is 3. The molecule has 27 heavy (non-hydrogen) atoms. The molecule has 0 unspecified atom stereocenters. The van der Waals surface area contributed by atoms with Crippen LogP contribution in [0.3, 0.4) is 0 Å². The number of halogens is 3. The van der Waals surface area contributed by atoms with Crippen molar-refractivity contribution in [3.05, 3.63) is 78.6 Å². The maximum atomic E-state index is 12.8. The highest BCUT2D eigenvalue weighted by Crippen LogP contribution is 2.28. The van der Waals surface area contributed by atoms with Gasteiger partial charge in [-0.2, -0.15) is 13.2 Å². The van der Waals surface area contributed by atoms with Crippen LogP contribution in [0, 0.1) is 10.1 Å². The fourth-order valence-electron chi connectivity index (χ4n) is 2.58. The molecular formula is C16H11F3N4O4. The van der Waals surface area contributed by atoms with Crippen molar-refractivity contribution in [2.24, 2.45) is 7.05 Å². The van der Waals surface area contributed by atoms with Crippen molar-refractivity contribution < 1.29 is 18.1 Å². The Bertz CT molecular complexity index is 1160. The highest BCUT2D eigenvalue weighted by atomic mass is 19.4. The fourth-order valence-corrected chi connectivity index (χ4v) is 2.58. The SMILES string of the molecule is Cn1c(=O)n(Cc2ccc([N+](=O)[O-])cc2)c(=O)c2ccc(C(F)(F)F)nc21. The molecule has 0 radical (unpaired) electrons. The summed E-state index contributed by atoms with van der Waals surface area (Å²) in [6, 6.07) is 6.87. The number of aryl methyl sites for hydroxylation is 1. The predicted octanol–water partition coefficient (Wildman–Crippen LogP) is 2.07. The number of alkyl halides is 3. The van der Waals surface area contributed by atoms with E-state index in [1.165, 1.54) is 31.3 Å². The summed E-state index contributed by atoms with van der Waals surface area (Å²) in [5, 5.41) is 10.5. The van der Waals surface area contributed by atoms with Gasteiger partial charge in [0, 0.05) is 19.2 Å². The van der Waals surface area contributed by atoms with Gasteiger partial charge in [0.05, 0.1) is 16.9 Å². The number of hydrogen-bond acceptors (Lipinski definition) is 5. The number of nitro groups is 1. The van der Waals surface area contributed by atoms with Crippen LogP contribution in [0.2, 0.25) is 0 Å². The van der Waals surface area contributed by atoms with Gasteiger partial charge in [-0.25, -0.2) is 9.78 Å². The third-order valence-electron chi connectivity index (χ3n) is 3.96. The van der Waals surface area contributed by atoms with Crippen molar-refractivity contribution in [3.63, 3.8) is 0 Å². The van der Waals surface area contributed by atoms with Crippen LogP contribution in [0.5, 0.6) is 0 Å². The van der Waals surface area contributed by atoms with Crippen molar-refractivity contribution in [2.45, 2.75) is 12.7 Å². The lowest BCUT2D eigenvalue weighted by Gasteiger charge is -2.12. The van der Waals surface area contributed by atoms with E-state index in [2.05, 4.69) is 4.98 Å². The topological polar surface area (TPSA) is 100 Å². The molecule has 0 spiro atoms. The summed E-state index contributed by atoms with van der Waals surface area (Å²) in [4.78, 5) is 38.5. The van der Waals surface area contributed by atoms with Gasteiger partial charge in [0.25, 0.3) is 11.2 Å². The zero-order chi connectivity index (χ0) is 19.9. The van der Waals surface area contributed by atoms with Crippen LogP contribution in [0.25, 0.3) is 11.0 Å². The highest BCUT2D eigenvalue weighted by molar-refractivity contribution is 5.74. The molecule has 0 saturated carbocycles. The second-order valence-corrected chi connectivity index (χ2v) is 5.72. The Kier molecular flexibility index (Phi) is 4.30. The van der Waals surface area contributed by atoms with Gasteiger partial charge in [0.15, 0.2) is 0 Å². The third kappa shape index (κ3) is 3.30. The summed E-state index contributed by atoms with van der Waals surface area (Å²) in [7, 11) is 1.21. The third-order valence-corrected chi connectivity index (χ3v) is 3.96. The lowest BCUT2D eigenvalue weighted by Crippen LogP contribution is -2.39. The molecule has 0 bridgehead atoms. The number of fused-ring (bicyclic) bond motifs is 1. The van der Waals surface area contributed by atoms with E-state index in [-0.39, 0.29) is 23.3 Å². The van der Waals surface area contributed by atoms with Gasteiger partial charge in [0.2, 0.25) is 0 Å². The summed E-state index contributed by atoms with van der Waals surface area (Å²) in [5.74, 6) is 0. The van der Waals surface area contributed by atoms with Gasteiger partial charge >= 0.3 is 11.9 Å². The van der Waals surface area contributed by atoms with Gasteiger partial charge in [0.1, 0.15) is 11.3 Å². The van der Waals surface area contributed by atoms with Crippen molar-refractivity contribution in [3.8, 4) is 0 Å². The lowest BCUT2D eigenvalue weighted by atomic mass is 10.2. The molecule has 0 aliphatic rings. The average Bonchev–Trinajstić information content (AvgIpc) is 2.62. The van der Waals surface area contributed by atoms with Crippen LogP contribution in [0.4, 0.5) is 18.9 Å². The second-order valence-electron chi connectivity index (χ2n) is 5.72. The van der Waals surface area contributed by atoms with Crippen LogP contribution >= 0.6 is 0 Å². The summed E-state index contributed by atoms with van der Waals surface area (Å²) in [6.45, 7) is -0.194. The molecule has 3 aromatic rings. The Morgan fingerprint density at radius 1 is 1.11 bits per heavy atom. The Labute approximate surface area is 148 Å². The minimum Gasteiger partial charge on any atom is -0.280 e. The molecule has 0 aliphatic heterocycles. The quantitative estimate of drug-likeness (QED) is 0.512. The Morgan fingerprint density at radius 2 is 1.74 bits per heavy atom. The lowest BCUT2D eigenvalue weighted by molar-refractivity contribution is -0.384. The van der Waals surface area contributed by atoms with Gasteiger partial charge < -0.3 is 0 Å². The van der Waals surface area contributed by atoms with E-state index in [4.69, 9.17) is 0 Å². The molecule has 2 aromatic heterocycles. The minimum absolute atomic E-state index is 0.146. The molecule has 1 aromatic carbocycles. The maximum absolute atomic E-state index is 12.8. The molecule has 0 atom stereocenters. The van der Waals surface area contributed by atoms with E-state index in [9.17, 15) is 32.9 Å². The highest BCUT2D eigenvalue weighted by Gasteiger charge is 2.33. The van der Waals surface area contributed by atoms with Crippen molar-refractivity contribution >= 4 is 16.7 Å². The van der Waals surface area contributed by atoms with Crippen molar-refractivity contribution in [1.29, 1.82) is 0 Å². The van der Waals surface area contributed by atoms with Crippen molar-refractivity contribution in [1.82, 2.24) is 14.1 Å². The summed E-state index contributed by atoms with van der Waals surface area (Å²) in [5.41, 5.74) is -2.94. The van der Waals surface area contributed by atoms with E-state index in [0.29, 0.717) is 11.6 Å². The van der Waals surface area contributed by atoms with Crippen LogP contribution in [-0.2, 0) is 19.8 Å². The predicted molar refractivity (Wildman–Crippen MR) is 88.4 cm³/mol. The number of aromatic nitrogens is 3.